The molecule has 1 aliphatic rings. The molecule has 61 heavy (non-hydrogen) atoms. The molecule has 0 aromatic heterocycles. The zero-order valence-corrected chi connectivity index (χ0v) is 40.2. The summed E-state index contributed by atoms with van der Waals surface area (Å²) in [5.41, 5.74) is 0. The van der Waals surface area contributed by atoms with Crippen LogP contribution in [0.5, 0.6) is 0 Å². The Hall–Kier alpha value is -0.810. The number of nitrogens with one attached hydrogen (secondary N) is 1. The Morgan fingerprint density at radius 2 is 0.820 bits per heavy atom. The summed E-state index contributed by atoms with van der Waals surface area (Å²) in [6, 6.07) is -0.712. The first-order chi connectivity index (χ1) is 29.8. The van der Waals surface area contributed by atoms with E-state index in [0.29, 0.717) is 12.8 Å². The van der Waals surface area contributed by atoms with Crippen molar-refractivity contribution < 1.29 is 39.8 Å². The second kappa shape index (κ2) is 43.1. The van der Waals surface area contributed by atoms with E-state index in [4.69, 9.17) is 9.47 Å². The molecule has 1 saturated heterocycles. The van der Waals surface area contributed by atoms with Crippen LogP contribution in [0.1, 0.15) is 271 Å². The lowest BCUT2D eigenvalue weighted by Gasteiger charge is -2.40. The molecule has 0 aliphatic carbocycles. The van der Waals surface area contributed by atoms with Gasteiger partial charge in [-0.1, -0.05) is 251 Å². The second-order valence-electron chi connectivity index (χ2n) is 19.0. The number of aliphatic hydroxyl groups is 5. The Labute approximate surface area is 376 Å². The predicted molar refractivity (Wildman–Crippen MR) is 254 cm³/mol. The average molecular weight is 870 g/mol. The molecule has 9 heteroatoms. The van der Waals surface area contributed by atoms with Crippen LogP contribution in [0, 0.1) is 0 Å². The highest BCUT2D eigenvalue weighted by molar-refractivity contribution is 5.76. The predicted octanol–water partition coefficient (Wildman–Crippen LogP) is 12.3. The Morgan fingerprint density at radius 3 is 1.16 bits per heavy atom. The number of ether oxygens (including phenoxy) is 2. The van der Waals surface area contributed by atoms with E-state index in [9.17, 15) is 30.3 Å². The first kappa shape index (κ1) is 58.2. The number of rotatable bonds is 46. The molecule has 0 radical (unpaired) electrons. The van der Waals surface area contributed by atoms with Crippen LogP contribution < -0.4 is 5.32 Å². The quantitative estimate of drug-likeness (QED) is 0.0331. The van der Waals surface area contributed by atoms with Crippen molar-refractivity contribution in [1.29, 1.82) is 0 Å². The van der Waals surface area contributed by atoms with E-state index >= 15 is 0 Å². The third-order valence-corrected chi connectivity index (χ3v) is 13.2. The van der Waals surface area contributed by atoms with Crippen molar-refractivity contribution in [2.75, 3.05) is 13.2 Å². The van der Waals surface area contributed by atoms with E-state index < -0.39 is 49.5 Å². The molecule has 0 spiro atoms. The molecule has 0 aromatic rings. The van der Waals surface area contributed by atoms with Gasteiger partial charge in [-0.05, 0) is 12.8 Å². The highest BCUT2D eigenvalue weighted by Gasteiger charge is 2.44. The third kappa shape index (κ3) is 33.3. The number of unbranched alkanes of at least 4 members (excludes halogenated alkanes) is 36. The molecular formula is C52H103NO8. The van der Waals surface area contributed by atoms with Crippen LogP contribution in [-0.2, 0) is 14.3 Å². The van der Waals surface area contributed by atoms with E-state index in [0.717, 1.165) is 38.5 Å². The van der Waals surface area contributed by atoms with Crippen LogP contribution in [0.4, 0.5) is 0 Å². The van der Waals surface area contributed by atoms with Gasteiger partial charge >= 0.3 is 0 Å². The van der Waals surface area contributed by atoms with Gasteiger partial charge in [-0.2, -0.15) is 0 Å². The third-order valence-electron chi connectivity index (χ3n) is 13.2. The maximum absolute atomic E-state index is 13.0. The summed E-state index contributed by atoms with van der Waals surface area (Å²) in [4.78, 5) is 13.0. The Balaban J connectivity index is 2.20. The normalized spacial score (nSPS) is 20.3. The van der Waals surface area contributed by atoms with E-state index in [1.54, 1.807) is 0 Å². The topological polar surface area (TPSA) is 149 Å². The lowest BCUT2D eigenvalue weighted by Crippen LogP contribution is -2.60. The minimum Gasteiger partial charge on any atom is -0.394 e. The fourth-order valence-corrected chi connectivity index (χ4v) is 8.93. The Bertz CT molecular complexity index is 924. The molecule has 7 unspecified atom stereocenters. The lowest BCUT2D eigenvalue weighted by molar-refractivity contribution is -0.302. The molecule has 0 saturated carbocycles. The summed E-state index contributed by atoms with van der Waals surface area (Å²) >= 11 is 0. The van der Waals surface area contributed by atoms with Gasteiger partial charge in [0.1, 0.15) is 24.4 Å². The molecule has 1 aliphatic heterocycles. The second-order valence-corrected chi connectivity index (χ2v) is 19.0. The van der Waals surface area contributed by atoms with Gasteiger partial charge in [0, 0.05) is 6.42 Å². The minimum atomic E-state index is -1.55. The van der Waals surface area contributed by atoms with Crippen LogP contribution >= 0.6 is 0 Å². The largest absolute Gasteiger partial charge is 0.394 e. The number of hydrogen-bond acceptors (Lipinski definition) is 8. The van der Waals surface area contributed by atoms with Gasteiger partial charge in [0.2, 0.25) is 5.91 Å². The molecule has 9 nitrogen and oxygen atoms in total. The average Bonchev–Trinajstić information content (AvgIpc) is 3.26. The van der Waals surface area contributed by atoms with E-state index in [-0.39, 0.29) is 12.5 Å². The molecule has 1 fully saturated rings. The SMILES string of the molecule is CCCCCCCCCCCCCCCCCCCCCCCCCCC(O)C(COC1OC(CO)C(O)C(O)C1O)NC(=O)CCCCCCCCCCCCCCCC. The van der Waals surface area contributed by atoms with Crippen molar-refractivity contribution in [2.45, 2.75) is 314 Å². The number of hydrogen-bond donors (Lipinski definition) is 6. The Kier molecular flexibility index (Phi) is 41.1. The fourth-order valence-electron chi connectivity index (χ4n) is 8.93. The van der Waals surface area contributed by atoms with Gasteiger partial charge in [0.15, 0.2) is 6.29 Å². The fraction of sp³-hybridized carbons (Fsp3) is 0.981. The maximum atomic E-state index is 13.0. The van der Waals surface area contributed by atoms with Gasteiger partial charge in [-0.3, -0.25) is 4.79 Å². The van der Waals surface area contributed by atoms with Crippen LogP contribution in [0.25, 0.3) is 0 Å². The number of aliphatic hydroxyl groups excluding tert-OH is 5. The van der Waals surface area contributed by atoms with Crippen LogP contribution in [0.2, 0.25) is 0 Å². The number of amides is 1. The van der Waals surface area contributed by atoms with Gasteiger partial charge in [0.25, 0.3) is 0 Å². The standard InChI is InChI=1S/C52H103NO8/c1-3-5-7-9-11-13-15-17-19-20-21-22-23-24-25-26-27-28-29-31-33-35-37-39-41-46(55)45(44-60-52-51(59)50(58)49(57)47(43-54)61-52)53-48(56)42-40-38-36-34-32-30-18-16-14-12-10-8-6-4-2/h45-47,49-52,54-55,57-59H,3-44H2,1-2H3,(H,53,56). The zero-order valence-electron chi connectivity index (χ0n) is 40.2. The molecule has 6 N–H and O–H groups in total. The summed E-state index contributed by atoms with van der Waals surface area (Å²) in [6.45, 7) is 3.87. The number of carbonyl (C=O) groups excluding carboxylic acids is 1. The monoisotopic (exact) mass is 870 g/mol. The lowest BCUT2D eigenvalue weighted by atomic mass is 9.99. The summed E-state index contributed by atoms with van der Waals surface area (Å²) < 4.78 is 11.3. The van der Waals surface area contributed by atoms with Crippen molar-refractivity contribution >= 4 is 5.91 Å². The smallest absolute Gasteiger partial charge is 0.220 e. The Morgan fingerprint density at radius 1 is 0.492 bits per heavy atom. The molecule has 0 aromatic carbocycles. The maximum Gasteiger partial charge on any atom is 0.220 e. The molecule has 364 valence electrons. The van der Waals surface area contributed by atoms with Crippen LogP contribution in [-0.4, -0.2) is 87.5 Å². The van der Waals surface area contributed by atoms with Gasteiger partial charge in [0.05, 0.1) is 25.4 Å². The van der Waals surface area contributed by atoms with Crippen molar-refractivity contribution in [3.05, 3.63) is 0 Å². The number of carbonyl (C=O) groups is 1. The highest BCUT2D eigenvalue weighted by Crippen LogP contribution is 2.23. The van der Waals surface area contributed by atoms with Crippen molar-refractivity contribution in [3.8, 4) is 0 Å². The van der Waals surface area contributed by atoms with E-state index in [2.05, 4.69) is 19.2 Å². The summed E-state index contributed by atoms with van der Waals surface area (Å²) in [6.07, 6.45) is 42.7. The molecule has 0 bridgehead atoms. The summed E-state index contributed by atoms with van der Waals surface area (Å²) in [5.74, 6) is -0.139. The van der Waals surface area contributed by atoms with Gasteiger partial charge in [-0.15, -0.1) is 0 Å². The molecule has 1 heterocycles. The van der Waals surface area contributed by atoms with Crippen LogP contribution in [0.3, 0.4) is 0 Å². The molecule has 1 rings (SSSR count). The van der Waals surface area contributed by atoms with Crippen molar-refractivity contribution in [2.24, 2.45) is 0 Å². The van der Waals surface area contributed by atoms with Crippen molar-refractivity contribution in [1.82, 2.24) is 5.32 Å². The van der Waals surface area contributed by atoms with Crippen LogP contribution in [0.15, 0.2) is 0 Å². The first-order valence-electron chi connectivity index (χ1n) is 26.7. The van der Waals surface area contributed by atoms with Gasteiger partial charge in [-0.25, -0.2) is 0 Å². The highest BCUT2D eigenvalue weighted by atomic mass is 16.7. The summed E-state index contributed by atoms with van der Waals surface area (Å²) in [5, 5.41) is 54.5. The van der Waals surface area contributed by atoms with Gasteiger partial charge < -0.3 is 40.3 Å². The van der Waals surface area contributed by atoms with E-state index in [1.807, 2.05) is 0 Å². The van der Waals surface area contributed by atoms with E-state index in [1.165, 1.54) is 205 Å². The van der Waals surface area contributed by atoms with Crippen molar-refractivity contribution in [3.63, 3.8) is 0 Å². The first-order valence-corrected chi connectivity index (χ1v) is 26.7. The summed E-state index contributed by atoms with van der Waals surface area (Å²) in [7, 11) is 0. The molecule has 7 atom stereocenters. The minimum absolute atomic E-state index is 0.131. The zero-order chi connectivity index (χ0) is 44.4. The molecule has 1 amide bonds. The molecular weight excluding hydrogens is 767 g/mol.